The van der Waals surface area contributed by atoms with Gasteiger partial charge in [-0.2, -0.15) is 0 Å². The van der Waals surface area contributed by atoms with Crippen LogP contribution in [0.3, 0.4) is 0 Å². The summed E-state index contributed by atoms with van der Waals surface area (Å²) in [5, 5.41) is 0. The van der Waals surface area contributed by atoms with Crippen LogP contribution in [-0.4, -0.2) is 13.1 Å². The lowest BCUT2D eigenvalue weighted by molar-refractivity contribution is -0.141. The summed E-state index contributed by atoms with van der Waals surface area (Å²) in [4.78, 5) is 11.5. The molecule has 0 saturated heterocycles. The third-order valence-electron chi connectivity index (χ3n) is 3.97. The Morgan fingerprint density at radius 3 is 2.06 bits per heavy atom. The molecule has 0 aliphatic carbocycles. The predicted molar refractivity (Wildman–Crippen MR) is 75.1 cm³/mol. The van der Waals surface area contributed by atoms with E-state index in [2.05, 4.69) is 40.7 Å². The predicted octanol–water partition coefficient (Wildman–Crippen LogP) is 3.98. The Hall–Kier alpha value is -1.31. The highest BCUT2D eigenvalue weighted by molar-refractivity contribution is 5.70. The fourth-order valence-corrected chi connectivity index (χ4v) is 2.59. The molecule has 1 atom stereocenters. The van der Waals surface area contributed by atoms with Crippen LogP contribution < -0.4 is 0 Å². The Morgan fingerprint density at radius 2 is 1.67 bits per heavy atom. The van der Waals surface area contributed by atoms with Crippen LogP contribution >= 0.6 is 0 Å². The van der Waals surface area contributed by atoms with Gasteiger partial charge in [-0.3, -0.25) is 4.79 Å². The third-order valence-corrected chi connectivity index (χ3v) is 3.97. The molecular formula is C16H24O2. The lowest BCUT2D eigenvalue weighted by Crippen LogP contribution is -2.12. The van der Waals surface area contributed by atoms with E-state index in [0.717, 1.165) is 6.42 Å². The van der Waals surface area contributed by atoms with Crippen molar-refractivity contribution >= 4 is 5.97 Å². The summed E-state index contributed by atoms with van der Waals surface area (Å²) in [5.74, 6) is 0.135. The Morgan fingerprint density at radius 1 is 1.17 bits per heavy atom. The van der Waals surface area contributed by atoms with Crippen molar-refractivity contribution in [3.63, 3.8) is 0 Å². The van der Waals surface area contributed by atoms with Crippen molar-refractivity contribution in [1.29, 1.82) is 0 Å². The number of benzene rings is 1. The van der Waals surface area contributed by atoms with E-state index in [-0.39, 0.29) is 11.9 Å². The first kappa shape index (κ1) is 14.7. The van der Waals surface area contributed by atoms with Crippen LogP contribution in [0.5, 0.6) is 0 Å². The zero-order valence-electron chi connectivity index (χ0n) is 12.4. The maximum atomic E-state index is 11.5. The molecule has 0 aromatic heterocycles. The zero-order chi connectivity index (χ0) is 13.9. The summed E-state index contributed by atoms with van der Waals surface area (Å²) in [6, 6.07) is 2.22. The molecule has 2 heteroatoms. The Kier molecular flexibility index (Phi) is 4.94. The van der Waals surface area contributed by atoms with E-state index in [1.807, 2.05) is 0 Å². The fraction of sp³-hybridized carbons (Fsp3) is 0.562. The zero-order valence-corrected chi connectivity index (χ0v) is 12.4. The van der Waals surface area contributed by atoms with Crippen LogP contribution in [0, 0.1) is 27.7 Å². The summed E-state index contributed by atoms with van der Waals surface area (Å²) < 4.78 is 4.81. The lowest BCUT2D eigenvalue weighted by atomic mass is 9.83. The summed E-state index contributed by atoms with van der Waals surface area (Å²) in [7, 11) is 1.45. The molecule has 0 radical (unpaired) electrons. The SMILES string of the molecule is CCC(CC(=O)OC)c1c(C)c(C)cc(C)c1C. The summed E-state index contributed by atoms with van der Waals surface area (Å²) in [5.41, 5.74) is 6.57. The van der Waals surface area contributed by atoms with Gasteiger partial charge in [0.25, 0.3) is 0 Å². The number of rotatable bonds is 4. The quantitative estimate of drug-likeness (QED) is 0.753. The van der Waals surface area contributed by atoms with Gasteiger partial charge >= 0.3 is 5.97 Å². The minimum Gasteiger partial charge on any atom is -0.469 e. The number of ether oxygens (including phenoxy) is 1. The summed E-state index contributed by atoms with van der Waals surface area (Å²) >= 11 is 0. The van der Waals surface area contributed by atoms with Gasteiger partial charge in [0, 0.05) is 0 Å². The molecule has 18 heavy (non-hydrogen) atoms. The van der Waals surface area contributed by atoms with E-state index in [4.69, 9.17) is 4.74 Å². The van der Waals surface area contributed by atoms with Crippen molar-refractivity contribution in [2.45, 2.75) is 53.4 Å². The largest absolute Gasteiger partial charge is 0.469 e. The molecule has 0 aliphatic heterocycles. The molecule has 1 unspecified atom stereocenters. The highest BCUT2D eigenvalue weighted by Crippen LogP contribution is 2.32. The van der Waals surface area contributed by atoms with Gasteiger partial charge < -0.3 is 4.74 Å². The molecule has 1 aromatic carbocycles. The van der Waals surface area contributed by atoms with E-state index in [0.29, 0.717) is 6.42 Å². The van der Waals surface area contributed by atoms with Crippen molar-refractivity contribution in [1.82, 2.24) is 0 Å². The maximum absolute atomic E-state index is 11.5. The van der Waals surface area contributed by atoms with Crippen LogP contribution in [0.15, 0.2) is 6.07 Å². The maximum Gasteiger partial charge on any atom is 0.306 e. The summed E-state index contributed by atoms with van der Waals surface area (Å²) in [6.45, 7) is 10.7. The second-order valence-corrected chi connectivity index (χ2v) is 5.06. The van der Waals surface area contributed by atoms with Crippen molar-refractivity contribution in [2.24, 2.45) is 0 Å². The van der Waals surface area contributed by atoms with E-state index in [1.54, 1.807) is 0 Å². The number of esters is 1. The number of hydrogen-bond acceptors (Lipinski definition) is 2. The molecule has 0 spiro atoms. The van der Waals surface area contributed by atoms with Crippen LogP contribution in [0.2, 0.25) is 0 Å². The first-order valence-corrected chi connectivity index (χ1v) is 6.56. The minimum absolute atomic E-state index is 0.125. The molecule has 100 valence electrons. The number of methoxy groups -OCH3 is 1. The second-order valence-electron chi connectivity index (χ2n) is 5.06. The molecular weight excluding hydrogens is 224 g/mol. The highest BCUT2D eigenvalue weighted by Gasteiger charge is 2.20. The third kappa shape index (κ3) is 2.92. The topological polar surface area (TPSA) is 26.3 Å². The van der Waals surface area contributed by atoms with Gasteiger partial charge in [-0.15, -0.1) is 0 Å². The Labute approximate surface area is 110 Å². The van der Waals surface area contributed by atoms with Gasteiger partial charge in [-0.1, -0.05) is 13.0 Å². The van der Waals surface area contributed by atoms with Gasteiger partial charge in [0.2, 0.25) is 0 Å². The van der Waals surface area contributed by atoms with Crippen LogP contribution in [0.1, 0.15) is 53.5 Å². The van der Waals surface area contributed by atoms with Gasteiger partial charge in [0.1, 0.15) is 0 Å². The average molecular weight is 248 g/mol. The minimum atomic E-state index is -0.125. The van der Waals surface area contributed by atoms with Crippen LogP contribution in [-0.2, 0) is 9.53 Å². The van der Waals surface area contributed by atoms with E-state index in [9.17, 15) is 4.79 Å². The average Bonchev–Trinajstić information content (AvgIpc) is 2.35. The van der Waals surface area contributed by atoms with E-state index < -0.39 is 0 Å². The van der Waals surface area contributed by atoms with E-state index >= 15 is 0 Å². The monoisotopic (exact) mass is 248 g/mol. The number of carbonyl (C=O) groups is 1. The first-order valence-electron chi connectivity index (χ1n) is 6.56. The molecule has 0 aliphatic rings. The standard InChI is InChI=1S/C16H24O2/c1-7-14(9-15(17)18-6)16-12(4)10(2)8-11(3)13(16)5/h8,14H,7,9H2,1-6H3. The smallest absolute Gasteiger partial charge is 0.306 e. The molecule has 0 heterocycles. The number of carbonyl (C=O) groups excluding carboxylic acids is 1. The molecule has 0 N–H and O–H groups in total. The first-order chi connectivity index (χ1) is 8.42. The molecule has 1 aromatic rings. The fourth-order valence-electron chi connectivity index (χ4n) is 2.59. The van der Waals surface area contributed by atoms with Crippen molar-refractivity contribution in [3.05, 3.63) is 33.9 Å². The van der Waals surface area contributed by atoms with Gasteiger partial charge in [-0.25, -0.2) is 0 Å². The highest BCUT2D eigenvalue weighted by atomic mass is 16.5. The Bertz CT molecular complexity index is 421. The molecule has 1 rings (SSSR count). The van der Waals surface area contributed by atoms with Crippen LogP contribution in [0.4, 0.5) is 0 Å². The van der Waals surface area contributed by atoms with Gasteiger partial charge in [-0.05, 0) is 67.9 Å². The van der Waals surface area contributed by atoms with Gasteiger partial charge in [0.15, 0.2) is 0 Å². The number of hydrogen-bond donors (Lipinski definition) is 0. The Balaban J connectivity index is 3.24. The molecule has 0 fully saturated rings. The van der Waals surface area contributed by atoms with Gasteiger partial charge in [0.05, 0.1) is 13.5 Å². The van der Waals surface area contributed by atoms with Crippen molar-refractivity contribution in [3.8, 4) is 0 Å². The summed E-state index contributed by atoms with van der Waals surface area (Å²) in [6.07, 6.45) is 1.43. The molecule has 2 nitrogen and oxygen atoms in total. The second kappa shape index (κ2) is 6.03. The normalized spacial score (nSPS) is 12.3. The van der Waals surface area contributed by atoms with Crippen LogP contribution in [0.25, 0.3) is 0 Å². The molecule has 0 amide bonds. The molecule has 0 bridgehead atoms. The number of aryl methyl sites for hydroxylation is 2. The molecule has 0 saturated carbocycles. The van der Waals surface area contributed by atoms with Crippen molar-refractivity contribution < 1.29 is 9.53 Å². The van der Waals surface area contributed by atoms with Crippen molar-refractivity contribution in [2.75, 3.05) is 7.11 Å². The van der Waals surface area contributed by atoms with E-state index in [1.165, 1.54) is 34.9 Å². The lowest BCUT2D eigenvalue weighted by Gasteiger charge is -2.22.